The lowest BCUT2D eigenvalue weighted by atomic mass is 9.77. The summed E-state index contributed by atoms with van der Waals surface area (Å²) in [6.45, 7) is 1.65. The number of hydrogen-bond acceptors (Lipinski definition) is 6. The zero-order valence-corrected chi connectivity index (χ0v) is 15.5. The molecule has 142 valence electrons. The normalized spacial score (nSPS) is 26.6. The molecule has 2 aromatic carbocycles. The summed E-state index contributed by atoms with van der Waals surface area (Å²) in [4.78, 5) is 12.8. The molecule has 0 aromatic heterocycles. The highest BCUT2D eigenvalue weighted by Gasteiger charge is 2.42. The highest BCUT2D eigenvalue weighted by Crippen LogP contribution is 2.50. The number of aliphatic hydroxyl groups is 1. The maximum atomic E-state index is 12.8. The minimum atomic E-state index is -1.09. The quantitative estimate of drug-likeness (QED) is 0.864. The van der Waals surface area contributed by atoms with Gasteiger partial charge in [-0.1, -0.05) is 18.2 Å². The van der Waals surface area contributed by atoms with E-state index in [0.717, 1.165) is 11.1 Å². The van der Waals surface area contributed by atoms with E-state index >= 15 is 0 Å². The molecule has 0 saturated carbocycles. The first-order valence-electron chi connectivity index (χ1n) is 8.81. The van der Waals surface area contributed by atoms with Gasteiger partial charge in [0.1, 0.15) is 17.6 Å². The number of methoxy groups -OCH3 is 2. The molecule has 2 aliphatic rings. The van der Waals surface area contributed by atoms with Gasteiger partial charge in [-0.3, -0.25) is 4.79 Å². The largest absolute Gasteiger partial charge is 0.508 e. The van der Waals surface area contributed by atoms with Gasteiger partial charge in [-0.15, -0.1) is 0 Å². The van der Waals surface area contributed by atoms with Crippen LogP contribution in [0.1, 0.15) is 58.4 Å². The SMILES string of the molecule is COc1cccc2c1[C@@H](OC)O[C@H]2c1c(O)ccc2c1C(=O)C[C@@](C)(O)C2. The molecule has 27 heavy (non-hydrogen) atoms. The van der Waals surface area contributed by atoms with Gasteiger partial charge >= 0.3 is 0 Å². The molecule has 1 heterocycles. The maximum Gasteiger partial charge on any atom is 0.188 e. The summed E-state index contributed by atoms with van der Waals surface area (Å²) >= 11 is 0. The van der Waals surface area contributed by atoms with Gasteiger partial charge in [0.2, 0.25) is 0 Å². The lowest BCUT2D eigenvalue weighted by Crippen LogP contribution is -2.36. The molecule has 0 saturated heterocycles. The first kappa shape index (κ1) is 18.0. The van der Waals surface area contributed by atoms with E-state index in [1.165, 1.54) is 7.11 Å². The zero-order chi connectivity index (χ0) is 19.3. The number of hydrogen-bond donors (Lipinski definition) is 2. The van der Waals surface area contributed by atoms with Crippen molar-refractivity contribution in [3.05, 3.63) is 58.1 Å². The number of ketones is 1. The molecule has 0 fully saturated rings. The number of fused-ring (bicyclic) bond motifs is 2. The highest BCUT2D eigenvalue weighted by molar-refractivity contribution is 6.01. The van der Waals surface area contributed by atoms with E-state index in [0.29, 0.717) is 28.9 Å². The average Bonchev–Trinajstić information content (AvgIpc) is 3.00. The first-order chi connectivity index (χ1) is 12.9. The Hall–Kier alpha value is -2.41. The van der Waals surface area contributed by atoms with E-state index in [2.05, 4.69) is 0 Å². The zero-order valence-electron chi connectivity index (χ0n) is 15.5. The Morgan fingerprint density at radius 1 is 1.15 bits per heavy atom. The van der Waals surface area contributed by atoms with Crippen LogP contribution in [0.2, 0.25) is 0 Å². The minimum Gasteiger partial charge on any atom is -0.508 e. The van der Waals surface area contributed by atoms with Crippen LogP contribution >= 0.6 is 0 Å². The van der Waals surface area contributed by atoms with Crippen LogP contribution in [-0.2, 0) is 15.9 Å². The van der Waals surface area contributed by atoms with Crippen molar-refractivity contribution in [2.24, 2.45) is 0 Å². The van der Waals surface area contributed by atoms with Gasteiger partial charge in [0.25, 0.3) is 0 Å². The van der Waals surface area contributed by atoms with Crippen molar-refractivity contribution < 1.29 is 29.2 Å². The summed E-state index contributed by atoms with van der Waals surface area (Å²) in [6, 6.07) is 8.77. The molecule has 6 heteroatoms. The topological polar surface area (TPSA) is 85.2 Å². The van der Waals surface area contributed by atoms with Crippen LogP contribution in [0, 0.1) is 0 Å². The fraction of sp³-hybridized carbons (Fsp3) is 0.381. The lowest BCUT2D eigenvalue weighted by Gasteiger charge is -2.31. The molecule has 1 aliphatic carbocycles. The molecule has 2 N–H and O–H groups in total. The molecule has 0 radical (unpaired) electrons. The van der Waals surface area contributed by atoms with Crippen LogP contribution < -0.4 is 4.74 Å². The fourth-order valence-corrected chi connectivity index (χ4v) is 4.18. The second-order valence-corrected chi connectivity index (χ2v) is 7.35. The van der Waals surface area contributed by atoms with Gasteiger partial charge in [0.15, 0.2) is 12.1 Å². The van der Waals surface area contributed by atoms with Gasteiger partial charge in [-0.2, -0.15) is 0 Å². The number of Topliss-reactive ketones (excluding diaryl/α,β-unsaturated/α-hetero) is 1. The van der Waals surface area contributed by atoms with Crippen LogP contribution in [0.4, 0.5) is 0 Å². The number of aromatic hydroxyl groups is 1. The number of ether oxygens (including phenoxy) is 3. The predicted molar refractivity (Wildman–Crippen MR) is 97.1 cm³/mol. The molecule has 6 nitrogen and oxygen atoms in total. The summed E-state index contributed by atoms with van der Waals surface area (Å²) in [5.74, 6) is 0.403. The van der Waals surface area contributed by atoms with Crippen LogP contribution in [0.3, 0.4) is 0 Å². The first-order valence-corrected chi connectivity index (χ1v) is 8.81. The van der Waals surface area contributed by atoms with E-state index in [4.69, 9.17) is 14.2 Å². The third-order valence-electron chi connectivity index (χ3n) is 5.27. The van der Waals surface area contributed by atoms with Crippen LogP contribution in [-0.4, -0.2) is 35.8 Å². The van der Waals surface area contributed by atoms with Gasteiger partial charge in [-0.25, -0.2) is 0 Å². The third-order valence-corrected chi connectivity index (χ3v) is 5.27. The lowest BCUT2D eigenvalue weighted by molar-refractivity contribution is -0.133. The van der Waals surface area contributed by atoms with Gasteiger partial charge in [-0.05, 0) is 30.2 Å². The Balaban J connectivity index is 1.91. The molecule has 2 aromatic rings. The molecule has 0 unspecified atom stereocenters. The summed E-state index contributed by atoms with van der Waals surface area (Å²) in [6.07, 6.45) is -0.991. The Kier molecular flexibility index (Phi) is 4.22. The van der Waals surface area contributed by atoms with Gasteiger partial charge in [0, 0.05) is 31.1 Å². The van der Waals surface area contributed by atoms with E-state index < -0.39 is 18.0 Å². The molecule has 1 aliphatic heterocycles. The van der Waals surface area contributed by atoms with Crippen molar-refractivity contribution in [3.63, 3.8) is 0 Å². The summed E-state index contributed by atoms with van der Waals surface area (Å²) in [7, 11) is 3.11. The fourth-order valence-electron chi connectivity index (χ4n) is 4.18. The third kappa shape index (κ3) is 2.81. The molecule has 0 spiro atoms. The van der Waals surface area contributed by atoms with E-state index in [9.17, 15) is 15.0 Å². The van der Waals surface area contributed by atoms with Gasteiger partial charge < -0.3 is 24.4 Å². The van der Waals surface area contributed by atoms with Crippen molar-refractivity contribution in [1.82, 2.24) is 0 Å². The van der Waals surface area contributed by atoms with Crippen molar-refractivity contribution >= 4 is 5.78 Å². The Labute approximate surface area is 157 Å². The predicted octanol–water partition coefficient (Wildman–Crippen LogP) is 3.05. The average molecular weight is 370 g/mol. The minimum absolute atomic E-state index is 0.00183. The molecule has 3 atom stereocenters. The van der Waals surface area contributed by atoms with Crippen molar-refractivity contribution in [1.29, 1.82) is 0 Å². The second-order valence-electron chi connectivity index (χ2n) is 7.35. The van der Waals surface area contributed by atoms with E-state index in [-0.39, 0.29) is 18.0 Å². The number of phenols is 1. The number of carbonyl (C=O) groups is 1. The molecule has 4 rings (SSSR count). The van der Waals surface area contributed by atoms with E-state index in [1.54, 1.807) is 26.2 Å². The molecular weight excluding hydrogens is 348 g/mol. The maximum absolute atomic E-state index is 12.8. The monoisotopic (exact) mass is 370 g/mol. The summed E-state index contributed by atoms with van der Waals surface area (Å²) in [5, 5.41) is 21.0. The Morgan fingerprint density at radius 3 is 2.63 bits per heavy atom. The molecule has 0 bridgehead atoms. The smallest absolute Gasteiger partial charge is 0.188 e. The molecular formula is C21H22O6. The standard InChI is InChI=1S/C21H22O6/c1-21(24)9-11-7-8-13(22)18(16(11)14(23)10-21)19-12-5-4-6-15(25-2)17(12)20(26-3)27-19/h4-8,19-20,22,24H,9-10H2,1-3H3/t19-,20+,21+/m1/s1. The van der Waals surface area contributed by atoms with Crippen LogP contribution in [0.15, 0.2) is 30.3 Å². The number of benzene rings is 2. The summed E-state index contributed by atoms with van der Waals surface area (Å²) in [5.41, 5.74) is 2.00. The number of carbonyl (C=O) groups excluding carboxylic acids is 1. The summed E-state index contributed by atoms with van der Waals surface area (Å²) < 4.78 is 17.0. The van der Waals surface area contributed by atoms with Gasteiger partial charge in [0.05, 0.1) is 18.3 Å². The second kappa shape index (κ2) is 6.34. The Morgan fingerprint density at radius 2 is 1.93 bits per heavy atom. The van der Waals surface area contributed by atoms with Crippen molar-refractivity contribution in [3.8, 4) is 11.5 Å². The van der Waals surface area contributed by atoms with Crippen molar-refractivity contribution in [2.75, 3.05) is 14.2 Å². The molecule has 0 amide bonds. The van der Waals surface area contributed by atoms with E-state index in [1.807, 2.05) is 18.2 Å². The van der Waals surface area contributed by atoms with Crippen LogP contribution in [0.5, 0.6) is 11.5 Å². The highest BCUT2D eigenvalue weighted by atomic mass is 16.7. The number of phenolic OH excluding ortho intramolecular Hbond substituents is 1. The van der Waals surface area contributed by atoms with Crippen molar-refractivity contribution in [2.45, 2.75) is 37.8 Å². The number of rotatable bonds is 3. The Bertz CT molecular complexity index is 917. The van der Waals surface area contributed by atoms with Crippen LogP contribution in [0.25, 0.3) is 0 Å².